The maximum atomic E-state index is 10.7. The number of nitroso groups, excluding NO2 is 1. The normalized spacial score (nSPS) is 10.2. The maximum Gasteiger partial charge on any atom is 0.172 e. The highest BCUT2D eigenvalue weighted by Crippen LogP contribution is 2.28. The predicted molar refractivity (Wildman–Crippen MR) is 67.2 cm³/mol. The largest absolute Gasteiger partial charge is 0.364 e. The zero-order chi connectivity index (χ0) is 12.3. The molecule has 0 saturated carbocycles. The molecule has 0 bridgehead atoms. The van der Waals surface area contributed by atoms with Gasteiger partial charge in [0.25, 0.3) is 0 Å². The number of hydrogen-bond acceptors (Lipinski definition) is 4. The van der Waals surface area contributed by atoms with Crippen LogP contribution in [-0.2, 0) is 13.6 Å². The van der Waals surface area contributed by atoms with E-state index in [1.54, 1.807) is 18.7 Å². The summed E-state index contributed by atoms with van der Waals surface area (Å²) in [4.78, 5) is 10.7. The summed E-state index contributed by atoms with van der Waals surface area (Å²) in [6, 6.07) is 9.96. The van der Waals surface area contributed by atoms with Gasteiger partial charge in [-0.2, -0.15) is 5.10 Å². The molecule has 0 aliphatic rings. The van der Waals surface area contributed by atoms with E-state index < -0.39 is 0 Å². The topological polar surface area (TPSA) is 59.3 Å². The van der Waals surface area contributed by atoms with E-state index in [2.05, 4.69) is 15.6 Å². The first-order chi connectivity index (χ1) is 8.22. The molecular formula is C12H14N4O. The summed E-state index contributed by atoms with van der Waals surface area (Å²) >= 11 is 0. The van der Waals surface area contributed by atoms with Gasteiger partial charge in [-0.05, 0) is 17.7 Å². The first-order valence-electron chi connectivity index (χ1n) is 5.37. The molecule has 1 heterocycles. The quantitative estimate of drug-likeness (QED) is 0.821. The van der Waals surface area contributed by atoms with Crippen LogP contribution >= 0.6 is 0 Å². The minimum Gasteiger partial charge on any atom is -0.364 e. The van der Waals surface area contributed by atoms with E-state index >= 15 is 0 Å². The van der Waals surface area contributed by atoms with Crippen molar-refractivity contribution in [3.8, 4) is 0 Å². The van der Waals surface area contributed by atoms with Crippen molar-refractivity contribution in [1.82, 2.24) is 9.78 Å². The molecule has 1 N–H and O–H groups in total. The van der Waals surface area contributed by atoms with Gasteiger partial charge in [0.15, 0.2) is 11.5 Å². The van der Waals surface area contributed by atoms with Gasteiger partial charge in [0.05, 0.1) is 5.69 Å². The van der Waals surface area contributed by atoms with Crippen molar-refractivity contribution in [3.63, 3.8) is 0 Å². The Morgan fingerprint density at radius 3 is 2.71 bits per heavy atom. The average molecular weight is 230 g/mol. The van der Waals surface area contributed by atoms with Crippen LogP contribution in [0.4, 0.5) is 11.5 Å². The van der Waals surface area contributed by atoms with Crippen molar-refractivity contribution in [2.75, 3.05) is 5.32 Å². The van der Waals surface area contributed by atoms with Crippen LogP contribution in [0.1, 0.15) is 11.3 Å². The Labute approximate surface area is 99.4 Å². The highest BCUT2D eigenvalue weighted by molar-refractivity contribution is 5.63. The molecule has 0 aliphatic heterocycles. The Kier molecular flexibility index (Phi) is 3.18. The molecule has 1 aromatic heterocycles. The Bertz CT molecular complexity index is 519. The summed E-state index contributed by atoms with van der Waals surface area (Å²) in [6.07, 6.45) is 0. The number of nitrogens with one attached hydrogen (secondary N) is 1. The van der Waals surface area contributed by atoms with Crippen molar-refractivity contribution < 1.29 is 0 Å². The van der Waals surface area contributed by atoms with Gasteiger partial charge < -0.3 is 5.32 Å². The molecule has 1 aromatic carbocycles. The molecule has 0 amide bonds. The van der Waals surface area contributed by atoms with E-state index in [4.69, 9.17) is 0 Å². The van der Waals surface area contributed by atoms with E-state index in [-0.39, 0.29) is 0 Å². The molecule has 5 heteroatoms. The average Bonchev–Trinajstić information content (AvgIpc) is 2.62. The molecule has 2 rings (SSSR count). The van der Waals surface area contributed by atoms with Crippen molar-refractivity contribution in [2.24, 2.45) is 12.2 Å². The number of anilines is 1. The summed E-state index contributed by atoms with van der Waals surface area (Å²) in [5.41, 5.74) is 2.16. The van der Waals surface area contributed by atoms with Crippen LogP contribution in [-0.4, -0.2) is 9.78 Å². The molecule has 5 nitrogen and oxygen atoms in total. The van der Waals surface area contributed by atoms with Gasteiger partial charge in [-0.1, -0.05) is 30.3 Å². The number of aryl methyl sites for hydroxylation is 2. The lowest BCUT2D eigenvalue weighted by Crippen LogP contribution is -2.04. The van der Waals surface area contributed by atoms with Crippen LogP contribution < -0.4 is 5.32 Å². The van der Waals surface area contributed by atoms with E-state index in [0.29, 0.717) is 23.7 Å². The van der Waals surface area contributed by atoms with Gasteiger partial charge in [0, 0.05) is 13.6 Å². The second-order valence-corrected chi connectivity index (χ2v) is 3.84. The zero-order valence-electron chi connectivity index (χ0n) is 9.84. The van der Waals surface area contributed by atoms with Crippen LogP contribution in [0.25, 0.3) is 0 Å². The van der Waals surface area contributed by atoms with E-state index in [9.17, 15) is 4.91 Å². The van der Waals surface area contributed by atoms with Crippen molar-refractivity contribution in [3.05, 3.63) is 46.5 Å². The van der Waals surface area contributed by atoms with Crippen LogP contribution in [0.3, 0.4) is 0 Å². The Morgan fingerprint density at radius 1 is 1.35 bits per heavy atom. The molecule has 88 valence electrons. The van der Waals surface area contributed by atoms with Crippen molar-refractivity contribution >= 4 is 11.5 Å². The van der Waals surface area contributed by atoms with Gasteiger partial charge in [0.2, 0.25) is 0 Å². The van der Waals surface area contributed by atoms with Gasteiger partial charge in [-0.15, -0.1) is 4.91 Å². The highest BCUT2D eigenvalue weighted by Gasteiger charge is 2.13. The fourth-order valence-corrected chi connectivity index (χ4v) is 1.74. The minimum absolute atomic E-state index is 0.378. The Hall–Kier alpha value is -2.17. The summed E-state index contributed by atoms with van der Waals surface area (Å²) in [5.74, 6) is 0.654. The lowest BCUT2D eigenvalue weighted by atomic mass is 10.2. The molecular weight excluding hydrogens is 216 g/mol. The standard InChI is InChI=1S/C12H14N4O/c1-9-11(15-17)12(16(2)14-9)13-8-10-6-4-3-5-7-10/h3-7,13H,8H2,1-2H3. The summed E-state index contributed by atoms with van der Waals surface area (Å²) in [7, 11) is 1.79. The third-order valence-electron chi connectivity index (χ3n) is 2.58. The molecule has 0 fully saturated rings. The summed E-state index contributed by atoms with van der Waals surface area (Å²) in [6.45, 7) is 2.41. The van der Waals surface area contributed by atoms with Gasteiger partial charge in [-0.3, -0.25) is 4.68 Å². The Balaban J connectivity index is 2.17. The zero-order valence-corrected chi connectivity index (χ0v) is 9.84. The number of hydrogen-bond donors (Lipinski definition) is 1. The fraction of sp³-hybridized carbons (Fsp3) is 0.250. The van der Waals surface area contributed by atoms with Crippen molar-refractivity contribution in [1.29, 1.82) is 0 Å². The van der Waals surface area contributed by atoms with Crippen LogP contribution in [0.2, 0.25) is 0 Å². The van der Waals surface area contributed by atoms with Crippen molar-refractivity contribution in [2.45, 2.75) is 13.5 Å². The second-order valence-electron chi connectivity index (χ2n) is 3.84. The van der Waals surface area contributed by atoms with Gasteiger partial charge in [-0.25, -0.2) is 0 Å². The van der Waals surface area contributed by atoms with Crippen LogP contribution in [0, 0.1) is 11.8 Å². The predicted octanol–water partition coefficient (Wildman–Crippen LogP) is 2.74. The molecule has 0 aliphatic carbocycles. The molecule has 0 atom stereocenters. The highest BCUT2D eigenvalue weighted by atomic mass is 16.3. The number of benzene rings is 1. The smallest absolute Gasteiger partial charge is 0.172 e. The second kappa shape index (κ2) is 4.78. The number of rotatable bonds is 4. The Morgan fingerprint density at radius 2 is 2.06 bits per heavy atom. The molecule has 0 saturated heterocycles. The lowest BCUT2D eigenvalue weighted by molar-refractivity contribution is 0.758. The molecule has 0 spiro atoms. The number of nitrogens with zero attached hydrogens (tertiary/aromatic N) is 3. The molecule has 17 heavy (non-hydrogen) atoms. The number of aromatic nitrogens is 2. The molecule has 0 unspecified atom stereocenters. The third kappa shape index (κ3) is 2.33. The van der Waals surface area contributed by atoms with E-state index in [1.165, 1.54) is 0 Å². The first-order valence-corrected chi connectivity index (χ1v) is 5.37. The summed E-state index contributed by atoms with van der Waals surface area (Å²) < 4.78 is 1.63. The SMILES string of the molecule is Cc1nn(C)c(NCc2ccccc2)c1N=O. The summed E-state index contributed by atoms with van der Waals surface area (Å²) in [5, 5.41) is 10.3. The lowest BCUT2D eigenvalue weighted by Gasteiger charge is -2.06. The van der Waals surface area contributed by atoms with Crippen LogP contribution in [0.5, 0.6) is 0 Å². The van der Waals surface area contributed by atoms with E-state index in [0.717, 1.165) is 5.56 Å². The third-order valence-corrected chi connectivity index (χ3v) is 2.58. The molecule has 0 radical (unpaired) electrons. The van der Waals surface area contributed by atoms with Crippen LogP contribution in [0.15, 0.2) is 35.5 Å². The molecule has 2 aromatic rings. The minimum atomic E-state index is 0.378. The van der Waals surface area contributed by atoms with Gasteiger partial charge >= 0.3 is 0 Å². The monoisotopic (exact) mass is 230 g/mol. The maximum absolute atomic E-state index is 10.7. The van der Waals surface area contributed by atoms with E-state index in [1.807, 2.05) is 30.3 Å². The first kappa shape index (κ1) is 11.3. The fourth-order valence-electron chi connectivity index (χ4n) is 1.74. The van der Waals surface area contributed by atoms with Gasteiger partial charge in [0.1, 0.15) is 0 Å².